The predicted octanol–water partition coefficient (Wildman–Crippen LogP) is 5.65. The molecule has 0 radical (unpaired) electrons. The summed E-state index contributed by atoms with van der Waals surface area (Å²) in [5.74, 6) is -2.65. The Bertz CT molecular complexity index is 1060. The zero-order chi connectivity index (χ0) is 26.1. The summed E-state index contributed by atoms with van der Waals surface area (Å²) in [5, 5.41) is 9.29. The summed E-state index contributed by atoms with van der Waals surface area (Å²) in [7, 11) is 0. The van der Waals surface area contributed by atoms with E-state index in [1.54, 1.807) is 0 Å². The monoisotopic (exact) mass is 552 g/mol. The molecule has 0 aromatic carbocycles. The Balaban J connectivity index is 1.49. The zero-order valence-corrected chi connectivity index (χ0v) is 20.5. The van der Waals surface area contributed by atoms with Gasteiger partial charge in [-0.15, -0.1) is 0 Å². The van der Waals surface area contributed by atoms with E-state index < -0.39 is 35.6 Å². The number of carbonyl (C=O) groups is 1. The van der Waals surface area contributed by atoms with Gasteiger partial charge in [0.15, 0.2) is 21.7 Å². The van der Waals surface area contributed by atoms with Gasteiger partial charge in [0.25, 0.3) is 0 Å². The van der Waals surface area contributed by atoms with Crippen molar-refractivity contribution < 1.29 is 36.2 Å². The van der Waals surface area contributed by atoms with Crippen LogP contribution in [0.5, 0.6) is 0 Å². The van der Waals surface area contributed by atoms with E-state index in [-0.39, 0.29) is 45.8 Å². The highest BCUT2D eigenvalue weighted by molar-refractivity contribution is 8.00. The van der Waals surface area contributed by atoms with Gasteiger partial charge in [-0.1, -0.05) is 23.5 Å². The molecule has 0 saturated carbocycles. The van der Waals surface area contributed by atoms with Crippen molar-refractivity contribution >= 4 is 29.5 Å². The molecule has 6 nitrogen and oxygen atoms in total. The molecule has 196 valence electrons. The highest BCUT2D eigenvalue weighted by Gasteiger charge is 2.39. The number of alkyl halides is 6. The van der Waals surface area contributed by atoms with Crippen LogP contribution in [0.1, 0.15) is 59.6 Å². The van der Waals surface area contributed by atoms with Gasteiger partial charge in [-0.2, -0.15) is 26.3 Å². The number of hydrogen-bond donors (Lipinski definition) is 1. The van der Waals surface area contributed by atoms with Gasteiger partial charge < -0.3 is 5.11 Å². The van der Waals surface area contributed by atoms with Gasteiger partial charge in [-0.25, -0.2) is 19.9 Å². The number of nitrogens with zero attached hydrogens (tertiary/aromatic N) is 4. The minimum absolute atomic E-state index is 0.0912. The van der Waals surface area contributed by atoms with Crippen LogP contribution in [0.15, 0.2) is 10.3 Å². The highest BCUT2D eigenvalue weighted by Crippen LogP contribution is 2.38. The molecule has 0 amide bonds. The van der Waals surface area contributed by atoms with E-state index in [2.05, 4.69) is 19.9 Å². The lowest BCUT2D eigenvalue weighted by Gasteiger charge is -2.21. The Morgan fingerprint density at radius 2 is 1.11 bits per heavy atom. The summed E-state index contributed by atoms with van der Waals surface area (Å²) in [6, 6.07) is 0. The molecule has 0 bridgehead atoms. The molecule has 0 aliphatic heterocycles. The van der Waals surface area contributed by atoms with Gasteiger partial charge in [0.2, 0.25) is 0 Å². The molecule has 2 aromatic rings. The molecule has 2 heterocycles. The predicted molar refractivity (Wildman–Crippen MR) is 120 cm³/mol. The summed E-state index contributed by atoms with van der Waals surface area (Å²) in [4.78, 5) is 27.6. The standard InChI is InChI=1S/C22H22F6N4O2S2/c23-21(24,25)16-12-5-1-3-7-14(12)29-19(31-16)35-9-11(18(33)34)10-36-20-30-15-8-4-2-6-13(15)17(32-20)22(26,27)28/h11H,1-10H2,(H,33,34). The third-order valence-corrected chi connectivity index (χ3v) is 8.06. The molecule has 0 atom stereocenters. The van der Waals surface area contributed by atoms with Crippen LogP contribution >= 0.6 is 23.5 Å². The SMILES string of the molecule is O=C(O)C(CSc1nc2c(c(C(F)(F)F)n1)CCCC2)CSc1nc2c(c(C(F)(F)F)n1)CCCC2. The largest absolute Gasteiger partial charge is 0.481 e. The quantitative estimate of drug-likeness (QED) is 0.268. The first-order valence-electron chi connectivity index (χ1n) is 11.4. The summed E-state index contributed by atoms with van der Waals surface area (Å²) in [6.45, 7) is 0. The minimum atomic E-state index is -4.65. The normalized spacial score (nSPS) is 16.1. The van der Waals surface area contributed by atoms with Crippen LogP contribution in [0.3, 0.4) is 0 Å². The van der Waals surface area contributed by atoms with Crippen LogP contribution in [-0.4, -0.2) is 42.5 Å². The molecule has 2 aliphatic rings. The molecule has 2 aromatic heterocycles. The smallest absolute Gasteiger partial charge is 0.433 e. The number of fused-ring (bicyclic) bond motifs is 2. The lowest BCUT2D eigenvalue weighted by atomic mass is 9.94. The topological polar surface area (TPSA) is 88.9 Å². The Hall–Kier alpha value is -2.09. The molecule has 36 heavy (non-hydrogen) atoms. The maximum absolute atomic E-state index is 13.5. The molecule has 0 unspecified atom stereocenters. The van der Waals surface area contributed by atoms with E-state index in [0.717, 1.165) is 23.5 Å². The van der Waals surface area contributed by atoms with E-state index in [4.69, 9.17) is 0 Å². The Morgan fingerprint density at radius 3 is 1.47 bits per heavy atom. The third kappa shape index (κ3) is 6.24. The van der Waals surface area contributed by atoms with Gasteiger partial charge in [0.05, 0.1) is 5.92 Å². The van der Waals surface area contributed by atoms with Crippen molar-refractivity contribution in [1.29, 1.82) is 0 Å². The van der Waals surface area contributed by atoms with E-state index >= 15 is 0 Å². The molecule has 4 rings (SSSR count). The highest BCUT2D eigenvalue weighted by atomic mass is 32.2. The zero-order valence-electron chi connectivity index (χ0n) is 18.9. The van der Waals surface area contributed by atoms with Crippen molar-refractivity contribution in [2.75, 3.05) is 11.5 Å². The average Bonchev–Trinajstić information content (AvgIpc) is 2.81. The number of aryl methyl sites for hydroxylation is 2. The fourth-order valence-electron chi connectivity index (χ4n) is 4.28. The number of hydrogen-bond acceptors (Lipinski definition) is 7. The number of rotatable bonds is 7. The van der Waals surface area contributed by atoms with Crippen molar-refractivity contribution in [3.63, 3.8) is 0 Å². The van der Waals surface area contributed by atoms with Gasteiger partial charge in [-0.3, -0.25) is 4.79 Å². The second-order valence-electron chi connectivity index (χ2n) is 8.63. The first-order chi connectivity index (χ1) is 16.9. The van der Waals surface area contributed by atoms with Crippen molar-refractivity contribution in [1.82, 2.24) is 19.9 Å². The van der Waals surface area contributed by atoms with Gasteiger partial charge in [0, 0.05) is 34.0 Å². The fraction of sp³-hybridized carbons (Fsp3) is 0.591. The van der Waals surface area contributed by atoms with E-state index in [9.17, 15) is 36.2 Å². The second kappa shape index (κ2) is 10.7. The number of aromatic nitrogens is 4. The summed E-state index contributed by atoms with van der Waals surface area (Å²) in [6.07, 6.45) is -5.39. The van der Waals surface area contributed by atoms with Gasteiger partial charge >= 0.3 is 18.3 Å². The molecule has 0 spiro atoms. The fourth-order valence-corrected chi connectivity index (χ4v) is 6.31. The third-order valence-electron chi connectivity index (χ3n) is 6.04. The molecule has 0 fully saturated rings. The Labute approximate surface area is 211 Å². The van der Waals surface area contributed by atoms with Crippen LogP contribution in [0, 0.1) is 5.92 Å². The molecule has 1 N–H and O–H groups in total. The molecular weight excluding hydrogens is 530 g/mol. The van der Waals surface area contributed by atoms with Crippen LogP contribution in [-0.2, 0) is 42.8 Å². The molecule has 2 aliphatic carbocycles. The second-order valence-corrected chi connectivity index (χ2v) is 10.6. The Kier molecular flexibility index (Phi) is 8.03. The maximum atomic E-state index is 13.5. The van der Waals surface area contributed by atoms with E-state index in [1.165, 1.54) is 0 Å². The molecule has 0 saturated heterocycles. The first kappa shape index (κ1) is 27.0. The number of halogens is 6. The van der Waals surface area contributed by atoms with E-state index in [1.807, 2.05) is 0 Å². The summed E-state index contributed by atoms with van der Waals surface area (Å²) < 4.78 is 81.2. The van der Waals surface area contributed by atoms with E-state index in [0.29, 0.717) is 49.9 Å². The summed E-state index contributed by atoms with van der Waals surface area (Å²) >= 11 is 1.58. The number of aliphatic carboxylic acids is 1. The Morgan fingerprint density at radius 1 is 0.722 bits per heavy atom. The van der Waals surface area contributed by atoms with Crippen LogP contribution in [0.2, 0.25) is 0 Å². The summed E-state index contributed by atoms with van der Waals surface area (Å²) in [5.41, 5.74) is -1.14. The maximum Gasteiger partial charge on any atom is 0.433 e. The number of carboxylic acid groups (broad SMARTS) is 1. The van der Waals surface area contributed by atoms with Crippen LogP contribution in [0.4, 0.5) is 26.3 Å². The number of thioether (sulfide) groups is 2. The lowest BCUT2D eigenvalue weighted by Crippen LogP contribution is -2.22. The van der Waals surface area contributed by atoms with Crippen LogP contribution < -0.4 is 0 Å². The van der Waals surface area contributed by atoms with Crippen molar-refractivity contribution in [3.8, 4) is 0 Å². The lowest BCUT2D eigenvalue weighted by molar-refractivity contribution is -0.143. The molecular formula is C22H22F6N4O2S2. The average molecular weight is 553 g/mol. The van der Waals surface area contributed by atoms with Gasteiger partial charge in [0.1, 0.15) is 0 Å². The minimum Gasteiger partial charge on any atom is -0.481 e. The van der Waals surface area contributed by atoms with Crippen molar-refractivity contribution in [2.24, 2.45) is 5.92 Å². The first-order valence-corrected chi connectivity index (χ1v) is 13.3. The van der Waals surface area contributed by atoms with Crippen LogP contribution in [0.25, 0.3) is 0 Å². The molecule has 14 heteroatoms. The van der Waals surface area contributed by atoms with Crippen molar-refractivity contribution in [2.45, 2.75) is 74.0 Å². The van der Waals surface area contributed by atoms with Crippen molar-refractivity contribution in [3.05, 3.63) is 33.9 Å². The number of carboxylic acids is 1. The van der Waals surface area contributed by atoms with Gasteiger partial charge in [-0.05, 0) is 51.4 Å².